The molecule has 3 nitrogen and oxygen atoms in total. The Morgan fingerprint density at radius 2 is 1.70 bits per heavy atom. The van der Waals surface area contributed by atoms with Gasteiger partial charge in [0.15, 0.2) is 5.75 Å². The Bertz CT molecular complexity index is 215. The lowest BCUT2D eigenvalue weighted by Gasteiger charge is -2.05. The highest BCUT2D eigenvalue weighted by Crippen LogP contribution is 2.27. The lowest BCUT2D eigenvalue weighted by Crippen LogP contribution is -1.96. The molecule has 3 heteroatoms. The van der Waals surface area contributed by atoms with Crippen LogP contribution in [-0.2, 0) is 0 Å². The van der Waals surface area contributed by atoms with Crippen molar-refractivity contribution in [2.45, 2.75) is 0 Å². The van der Waals surface area contributed by atoms with E-state index in [-0.39, 0.29) is 0 Å². The largest absolute Gasteiger partial charge is 0.492 e. The standard InChI is InChI=1S/C7H10N2O/c1-10-7-5(8)3-2-4-6(7)9/h2-4H,8-9H2,1H3. The van der Waals surface area contributed by atoms with Crippen LogP contribution in [0.2, 0.25) is 0 Å². The van der Waals surface area contributed by atoms with E-state index < -0.39 is 0 Å². The van der Waals surface area contributed by atoms with Gasteiger partial charge in [-0.1, -0.05) is 6.07 Å². The summed E-state index contributed by atoms with van der Waals surface area (Å²) < 4.78 is 4.93. The number of benzene rings is 1. The van der Waals surface area contributed by atoms with Crippen molar-refractivity contribution in [3.63, 3.8) is 0 Å². The number of nitrogen functional groups attached to an aromatic ring is 2. The van der Waals surface area contributed by atoms with Crippen molar-refractivity contribution in [1.29, 1.82) is 0 Å². The number of hydrogen-bond acceptors (Lipinski definition) is 3. The van der Waals surface area contributed by atoms with Crippen molar-refractivity contribution in [3.05, 3.63) is 18.2 Å². The van der Waals surface area contributed by atoms with Crippen LogP contribution >= 0.6 is 0 Å². The number of rotatable bonds is 1. The first-order chi connectivity index (χ1) is 4.75. The summed E-state index contributed by atoms with van der Waals surface area (Å²) in [5.41, 5.74) is 12.2. The van der Waals surface area contributed by atoms with E-state index in [1.54, 1.807) is 25.3 Å². The van der Waals surface area contributed by atoms with E-state index in [1.165, 1.54) is 0 Å². The third-order valence-electron chi connectivity index (χ3n) is 1.28. The first kappa shape index (κ1) is 6.74. The number of methoxy groups -OCH3 is 1. The normalized spacial score (nSPS) is 9.30. The molecule has 0 atom stereocenters. The molecule has 0 saturated carbocycles. The third kappa shape index (κ3) is 0.978. The van der Waals surface area contributed by atoms with E-state index in [0.717, 1.165) is 0 Å². The minimum Gasteiger partial charge on any atom is -0.492 e. The molecule has 54 valence electrons. The van der Waals surface area contributed by atoms with E-state index in [2.05, 4.69) is 0 Å². The molecule has 0 aliphatic heterocycles. The third-order valence-corrected chi connectivity index (χ3v) is 1.28. The molecule has 0 bridgehead atoms. The van der Waals surface area contributed by atoms with Crippen molar-refractivity contribution in [2.24, 2.45) is 0 Å². The highest BCUT2D eigenvalue weighted by molar-refractivity contribution is 5.66. The van der Waals surface area contributed by atoms with Gasteiger partial charge in [0, 0.05) is 0 Å². The summed E-state index contributed by atoms with van der Waals surface area (Å²) >= 11 is 0. The molecule has 1 aromatic rings. The number of hydrogen-bond donors (Lipinski definition) is 2. The van der Waals surface area contributed by atoms with E-state index in [9.17, 15) is 0 Å². The quantitative estimate of drug-likeness (QED) is 0.566. The monoisotopic (exact) mass is 138 g/mol. The van der Waals surface area contributed by atoms with Crippen LogP contribution in [-0.4, -0.2) is 7.11 Å². The summed E-state index contributed by atoms with van der Waals surface area (Å²) in [4.78, 5) is 0. The summed E-state index contributed by atoms with van der Waals surface area (Å²) in [5.74, 6) is 0.558. The topological polar surface area (TPSA) is 61.3 Å². The van der Waals surface area contributed by atoms with Crippen LogP contribution in [0.4, 0.5) is 11.4 Å². The summed E-state index contributed by atoms with van der Waals surface area (Å²) in [6, 6.07) is 5.28. The van der Waals surface area contributed by atoms with Crippen LogP contribution in [0.25, 0.3) is 0 Å². The molecule has 1 aromatic carbocycles. The van der Waals surface area contributed by atoms with Crippen molar-refractivity contribution in [3.8, 4) is 5.75 Å². The van der Waals surface area contributed by atoms with Gasteiger partial charge >= 0.3 is 0 Å². The van der Waals surface area contributed by atoms with Crippen LogP contribution < -0.4 is 16.2 Å². The summed E-state index contributed by atoms with van der Waals surface area (Å²) in [5, 5.41) is 0. The zero-order valence-corrected chi connectivity index (χ0v) is 5.79. The van der Waals surface area contributed by atoms with Gasteiger partial charge < -0.3 is 16.2 Å². The number of para-hydroxylation sites is 1. The highest BCUT2D eigenvalue weighted by Gasteiger charge is 2.00. The predicted octanol–water partition coefficient (Wildman–Crippen LogP) is 0.860. The second-order valence-corrected chi connectivity index (χ2v) is 1.97. The van der Waals surface area contributed by atoms with E-state index in [1.807, 2.05) is 0 Å². The molecule has 4 N–H and O–H groups in total. The minimum atomic E-state index is 0.558. The van der Waals surface area contributed by atoms with E-state index >= 15 is 0 Å². The first-order valence-corrected chi connectivity index (χ1v) is 2.93. The molecular formula is C7H10N2O. The van der Waals surface area contributed by atoms with Gasteiger partial charge in [0.25, 0.3) is 0 Å². The van der Waals surface area contributed by atoms with Crippen molar-refractivity contribution in [2.75, 3.05) is 18.6 Å². The lowest BCUT2D eigenvalue weighted by atomic mass is 10.2. The molecule has 0 amide bonds. The fraction of sp³-hybridized carbons (Fsp3) is 0.143. The van der Waals surface area contributed by atoms with Gasteiger partial charge in [-0.05, 0) is 12.1 Å². The average Bonchev–Trinajstić information content (AvgIpc) is 1.88. The minimum absolute atomic E-state index is 0.558. The fourth-order valence-corrected chi connectivity index (χ4v) is 0.809. The molecule has 1 rings (SSSR count). The van der Waals surface area contributed by atoms with Crippen LogP contribution in [0.1, 0.15) is 0 Å². The zero-order chi connectivity index (χ0) is 7.56. The Balaban J connectivity index is 3.17. The van der Waals surface area contributed by atoms with Gasteiger partial charge in [-0.25, -0.2) is 0 Å². The fourth-order valence-electron chi connectivity index (χ4n) is 0.809. The molecule has 0 radical (unpaired) electrons. The van der Waals surface area contributed by atoms with Gasteiger partial charge in [-0.3, -0.25) is 0 Å². The molecule has 0 heterocycles. The van der Waals surface area contributed by atoms with Crippen molar-refractivity contribution < 1.29 is 4.74 Å². The predicted molar refractivity (Wildman–Crippen MR) is 41.8 cm³/mol. The smallest absolute Gasteiger partial charge is 0.164 e. The Hall–Kier alpha value is -1.38. The maximum atomic E-state index is 5.53. The molecule has 10 heavy (non-hydrogen) atoms. The Kier molecular flexibility index (Phi) is 1.67. The van der Waals surface area contributed by atoms with Gasteiger partial charge in [0.2, 0.25) is 0 Å². The molecule has 0 spiro atoms. The zero-order valence-electron chi connectivity index (χ0n) is 5.79. The van der Waals surface area contributed by atoms with E-state index in [0.29, 0.717) is 17.1 Å². The van der Waals surface area contributed by atoms with Gasteiger partial charge in [0.05, 0.1) is 18.5 Å². The maximum Gasteiger partial charge on any atom is 0.164 e. The number of nitrogens with two attached hydrogens (primary N) is 2. The summed E-state index contributed by atoms with van der Waals surface area (Å²) in [6.45, 7) is 0. The molecular weight excluding hydrogens is 128 g/mol. The SMILES string of the molecule is COc1c(N)cccc1N. The first-order valence-electron chi connectivity index (χ1n) is 2.93. The van der Waals surface area contributed by atoms with Gasteiger partial charge in [0.1, 0.15) is 0 Å². The molecule has 0 fully saturated rings. The Labute approximate surface area is 59.6 Å². The summed E-state index contributed by atoms with van der Waals surface area (Å²) in [6.07, 6.45) is 0. The van der Waals surface area contributed by atoms with E-state index in [4.69, 9.17) is 16.2 Å². The number of anilines is 2. The van der Waals surface area contributed by atoms with Gasteiger partial charge in [-0.15, -0.1) is 0 Å². The Morgan fingerprint density at radius 1 is 1.20 bits per heavy atom. The second-order valence-electron chi connectivity index (χ2n) is 1.97. The van der Waals surface area contributed by atoms with Crippen LogP contribution in [0.15, 0.2) is 18.2 Å². The van der Waals surface area contributed by atoms with Gasteiger partial charge in [-0.2, -0.15) is 0 Å². The highest BCUT2D eigenvalue weighted by atomic mass is 16.5. The Morgan fingerprint density at radius 3 is 2.00 bits per heavy atom. The maximum absolute atomic E-state index is 5.53. The van der Waals surface area contributed by atoms with Crippen molar-refractivity contribution in [1.82, 2.24) is 0 Å². The van der Waals surface area contributed by atoms with Crippen LogP contribution in [0.5, 0.6) is 5.75 Å². The lowest BCUT2D eigenvalue weighted by molar-refractivity contribution is 0.419. The molecule has 0 unspecified atom stereocenters. The molecule has 0 saturated heterocycles. The molecule has 0 aliphatic rings. The van der Waals surface area contributed by atoms with Crippen LogP contribution in [0, 0.1) is 0 Å². The van der Waals surface area contributed by atoms with Crippen molar-refractivity contribution >= 4 is 11.4 Å². The second kappa shape index (κ2) is 2.47. The summed E-state index contributed by atoms with van der Waals surface area (Å²) in [7, 11) is 1.54. The number of ether oxygens (including phenoxy) is 1. The molecule has 0 aromatic heterocycles. The molecule has 0 aliphatic carbocycles. The van der Waals surface area contributed by atoms with Crippen LogP contribution in [0.3, 0.4) is 0 Å². The average molecular weight is 138 g/mol.